The molecule has 27 heavy (non-hydrogen) atoms. The molecule has 136 valence electrons. The molecule has 1 heterocycles. The number of carbonyl (C=O) groups excluding carboxylic acids is 2. The number of aromatic nitrogens is 2. The highest BCUT2D eigenvalue weighted by Gasteiger charge is 2.25. The zero-order chi connectivity index (χ0) is 19.4. The molecule has 0 aliphatic heterocycles. The molecule has 0 spiro atoms. The van der Waals surface area contributed by atoms with Crippen LogP contribution in [-0.2, 0) is 0 Å². The normalized spacial score (nSPS) is 11.8. The van der Waals surface area contributed by atoms with Crippen LogP contribution in [0.1, 0.15) is 26.4 Å². The number of Topliss-reactive ketones (excluding diaryl/α,β-unsaturated/α-hetero) is 1. The molecular weight excluding hydrogens is 367 g/mol. The van der Waals surface area contributed by atoms with Crippen LogP contribution in [0.25, 0.3) is 0 Å². The quantitative estimate of drug-likeness (QED) is 0.384. The lowest BCUT2D eigenvalue weighted by Gasteiger charge is -2.13. The zero-order valence-electron chi connectivity index (χ0n) is 14.3. The summed E-state index contributed by atoms with van der Waals surface area (Å²) in [6.45, 7) is 1.56. The first-order valence-electron chi connectivity index (χ1n) is 8.08. The number of alkyl halides is 1. The molecule has 1 atom stereocenters. The molecule has 2 aromatic carbocycles. The van der Waals surface area contributed by atoms with Crippen LogP contribution in [0.5, 0.6) is 0 Å². The van der Waals surface area contributed by atoms with Gasteiger partial charge in [-0.15, -0.1) is 0 Å². The molecule has 3 rings (SSSR count). The number of ketones is 1. The van der Waals surface area contributed by atoms with Crippen LogP contribution in [0, 0.1) is 6.92 Å². The van der Waals surface area contributed by atoms with Gasteiger partial charge in [0.25, 0.3) is 11.5 Å². The third-order valence-corrected chi connectivity index (χ3v) is 4.62. The summed E-state index contributed by atoms with van der Waals surface area (Å²) >= 11 is 0.439. The van der Waals surface area contributed by atoms with Crippen molar-refractivity contribution in [2.24, 2.45) is 0 Å². The van der Waals surface area contributed by atoms with Crippen LogP contribution in [0.2, 0.25) is 0 Å². The lowest BCUT2D eigenvalue weighted by Crippen LogP contribution is -2.30. The van der Waals surface area contributed by atoms with E-state index in [4.69, 9.17) is 0 Å². The minimum absolute atomic E-state index is 0.161. The van der Waals surface area contributed by atoms with E-state index < -0.39 is 22.8 Å². The molecule has 1 unspecified atom stereocenters. The molecular formula is C20H15FN2O3S. The highest BCUT2D eigenvalue weighted by molar-refractivity contribution is 8.00. The summed E-state index contributed by atoms with van der Waals surface area (Å²) in [6, 6.07) is 17.3. The summed E-state index contributed by atoms with van der Waals surface area (Å²) in [4.78, 5) is 41.5. The lowest BCUT2D eigenvalue weighted by molar-refractivity contribution is 0.0926. The van der Waals surface area contributed by atoms with Gasteiger partial charge in [0.05, 0.1) is 0 Å². The Kier molecular flexibility index (Phi) is 5.61. The fourth-order valence-corrected chi connectivity index (χ4v) is 3.33. The van der Waals surface area contributed by atoms with Crippen molar-refractivity contribution in [1.82, 2.24) is 9.55 Å². The second-order valence-corrected chi connectivity index (χ2v) is 6.70. The van der Waals surface area contributed by atoms with E-state index in [1.165, 1.54) is 18.2 Å². The van der Waals surface area contributed by atoms with E-state index >= 15 is 0 Å². The Hall–Kier alpha value is -3.06. The largest absolute Gasteiger partial charge is 0.290 e. The average Bonchev–Trinajstić information content (AvgIpc) is 2.68. The van der Waals surface area contributed by atoms with E-state index in [0.29, 0.717) is 17.5 Å². The number of hydrogen-bond donors (Lipinski definition) is 0. The van der Waals surface area contributed by atoms with Crippen molar-refractivity contribution in [3.8, 4) is 0 Å². The Bertz CT molecular complexity index is 1040. The summed E-state index contributed by atoms with van der Waals surface area (Å²) in [6.07, 6.45) is 0. The van der Waals surface area contributed by atoms with Crippen molar-refractivity contribution < 1.29 is 14.0 Å². The molecule has 0 amide bonds. The van der Waals surface area contributed by atoms with Gasteiger partial charge in [0.15, 0.2) is 5.16 Å². The molecule has 3 aromatic rings. The first-order chi connectivity index (χ1) is 13.0. The maximum absolute atomic E-state index is 14.6. The van der Waals surface area contributed by atoms with E-state index in [0.717, 1.165) is 4.57 Å². The van der Waals surface area contributed by atoms with E-state index in [1.54, 1.807) is 55.5 Å². The average molecular weight is 382 g/mol. The molecule has 0 fully saturated rings. The molecule has 7 heteroatoms. The van der Waals surface area contributed by atoms with Crippen molar-refractivity contribution in [2.75, 3.05) is 0 Å². The number of carbonyl (C=O) groups is 2. The summed E-state index contributed by atoms with van der Waals surface area (Å²) in [5.41, 5.74) is -1.83. The molecule has 0 radical (unpaired) electrons. The van der Waals surface area contributed by atoms with E-state index in [-0.39, 0.29) is 16.3 Å². The third-order valence-electron chi connectivity index (χ3n) is 3.71. The Morgan fingerprint density at radius 3 is 2.15 bits per heavy atom. The molecule has 0 saturated carbocycles. The summed E-state index contributed by atoms with van der Waals surface area (Å²) in [5, 5.41) is -0.161. The number of thioether (sulfide) groups is 1. The number of nitrogens with zero attached hydrogens (tertiary/aromatic N) is 2. The van der Waals surface area contributed by atoms with Gasteiger partial charge in [-0.3, -0.25) is 14.4 Å². The maximum Gasteiger partial charge on any atom is 0.266 e. The van der Waals surface area contributed by atoms with E-state index in [1.807, 2.05) is 0 Å². The topological polar surface area (TPSA) is 69.0 Å². The Morgan fingerprint density at radius 1 is 1.00 bits per heavy atom. The van der Waals surface area contributed by atoms with Gasteiger partial charge in [-0.1, -0.05) is 48.5 Å². The van der Waals surface area contributed by atoms with Crippen molar-refractivity contribution in [3.05, 3.63) is 93.9 Å². The predicted molar refractivity (Wildman–Crippen MR) is 101 cm³/mol. The minimum atomic E-state index is -2.00. The predicted octanol–water partition coefficient (Wildman–Crippen LogP) is 3.51. The Morgan fingerprint density at radius 2 is 1.56 bits per heavy atom. The van der Waals surface area contributed by atoms with Gasteiger partial charge in [0, 0.05) is 22.9 Å². The number of rotatable bonds is 5. The minimum Gasteiger partial charge on any atom is -0.290 e. The van der Waals surface area contributed by atoms with Crippen LogP contribution in [0.15, 0.2) is 76.7 Å². The van der Waals surface area contributed by atoms with Gasteiger partial charge < -0.3 is 0 Å². The SMILES string of the molecule is Cc1cc(=O)n(C(=O)c2ccccc2)c(SC(F)C(=O)c2ccccc2)n1. The molecule has 1 aromatic heterocycles. The van der Waals surface area contributed by atoms with Gasteiger partial charge in [-0.05, 0) is 30.8 Å². The fraction of sp³-hybridized carbons (Fsp3) is 0.100. The van der Waals surface area contributed by atoms with E-state index in [9.17, 15) is 18.8 Å². The van der Waals surface area contributed by atoms with Crippen molar-refractivity contribution in [3.63, 3.8) is 0 Å². The fourth-order valence-electron chi connectivity index (χ4n) is 2.43. The molecule has 0 saturated heterocycles. The van der Waals surface area contributed by atoms with Crippen molar-refractivity contribution >= 4 is 23.5 Å². The standard InChI is InChI=1S/C20H15FN2O3S/c1-13-12-16(24)23(19(26)15-10-6-3-7-11-15)20(22-13)27-18(21)17(25)14-8-4-2-5-9-14/h2-12,18H,1H3. The second-order valence-electron chi connectivity index (χ2n) is 5.69. The number of aryl methyl sites for hydroxylation is 1. The second kappa shape index (κ2) is 8.09. The number of benzene rings is 2. The highest BCUT2D eigenvalue weighted by Crippen LogP contribution is 2.25. The van der Waals surface area contributed by atoms with Crippen LogP contribution >= 0.6 is 11.8 Å². The number of halogens is 1. The molecule has 0 aliphatic carbocycles. The molecule has 0 N–H and O–H groups in total. The monoisotopic (exact) mass is 382 g/mol. The smallest absolute Gasteiger partial charge is 0.266 e. The van der Waals surface area contributed by atoms with E-state index in [2.05, 4.69) is 4.98 Å². The lowest BCUT2D eigenvalue weighted by atomic mass is 10.1. The van der Waals surface area contributed by atoms with Gasteiger partial charge in [0.1, 0.15) is 0 Å². The first kappa shape index (κ1) is 18.7. The van der Waals surface area contributed by atoms with Crippen LogP contribution < -0.4 is 5.56 Å². The van der Waals surface area contributed by atoms with Crippen LogP contribution in [0.3, 0.4) is 0 Å². The van der Waals surface area contributed by atoms with Crippen molar-refractivity contribution in [2.45, 2.75) is 17.6 Å². The summed E-state index contributed by atoms with van der Waals surface area (Å²) in [7, 11) is 0. The maximum atomic E-state index is 14.6. The summed E-state index contributed by atoms with van der Waals surface area (Å²) in [5.74, 6) is -1.38. The van der Waals surface area contributed by atoms with Crippen LogP contribution in [-0.4, -0.2) is 26.7 Å². The van der Waals surface area contributed by atoms with Crippen LogP contribution in [0.4, 0.5) is 4.39 Å². The molecule has 5 nitrogen and oxygen atoms in total. The first-order valence-corrected chi connectivity index (χ1v) is 8.96. The van der Waals surface area contributed by atoms with Gasteiger partial charge in [0.2, 0.25) is 11.3 Å². The molecule has 0 bridgehead atoms. The van der Waals surface area contributed by atoms with Gasteiger partial charge >= 0.3 is 0 Å². The third kappa shape index (κ3) is 4.20. The van der Waals surface area contributed by atoms with Crippen molar-refractivity contribution in [1.29, 1.82) is 0 Å². The van der Waals surface area contributed by atoms with Gasteiger partial charge in [-0.2, -0.15) is 0 Å². The molecule has 0 aliphatic rings. The van der Waals surface area contributed by atoms with Gasteiger partial charge in [-0.25, -0.2) is 13.9 Å². The number of hydrogen-bond acceptors (Lipinski definition) is 5. The summed E-state index contributed by atoms with van der Waals surface area (Å²) < 4.78 is 15.4. The zero-order valence-corrected chi connectivity index (χ0v) is 15.2. The Balaban J connectivity index is 1.97. The Labute approximate surface area is 158 Å². The highest BCUT2D eigenvalue weighted by atomic mass is 32.2.